The van der Waals surface area contributed by atoms with E-state index in [1.165, 1.54) is 6.92 Å². The van der Waals surface area contributed by atoms with Crippen molar-refractivity contribution in [3.8, 4) is 0 Å². The van der Waals surface area contributed by atoms with Crippen LogP contribution in [-0.2, 0) is 32.3 Å². The Balaban J connectivity index is 3.00. The summed E-state index contributed by atoms with van der Waals surface area (Å²) in [4.78, 5) is 3.82. The van der Waals surface area contributed by atoms with E-state index in [2.05, 4.69) is 9.62 Å². The Kier molecular flexibility index (Phi) is 12.6. The molecule has 0 saturated heterocycles. The molecule has 192 valence electrons. The third kappa shape index (κ3) is 8.06. The number of hydrogen-bond acceptors (Lipinski definition) is 10. The zero-order valence-corrected chi connectivity index (χ0v) is 17.8. The molecule has 33 heavy (non-hydrogen) atoms. The SMILES string of the molecule is CC(CC(O)OCO)OCc1c(F)c(F)c(COC(C(C)O)C(O)C(CO)OO)c(F)c1F. The van der Waals surface area contributed by atoms with Gasteiger partial charge >= 0.3 is 0 Å². The van der Waals surface area contributed by atoms with Crippen LogP contribution < -0.4 is 0 Å². The Morgan fingerprint density at radius 1 is 0.788 bits per heavy atom. The van der Waals surface area contributed by atoms with Crippen LogP contribution >= 0.6 is 0 Å². The standard InChI is InChI=1S/C19H28F4O10/c1-8(3-13(27)32-7-25)30-5-10-14(20)16(22)11(17(23)15(10)21)6-31-19(9(2)26)18(28)12(4-24)33-29/h8-9,12-13,18-19,24-29H,3-7H2,1-2H3. The molecule has 0 saturated carbocycles. The van der Waals surface area contributed by atoms with Gasteiger partial charge in [0.05, 0.1) is 43.2 Å². The Morgan fingerprint density at radius 3 is 1.67 bits per heavy atom. The van der Waals surface area contributed by atoms with E-state index in [1.807, 2.05) is 0 Å². The predicted octanol–water partition coefficient (Wildman–Crippen LogP) is 0.300. The molecular weight excluding hydrogens is 464 g/mol. The first-order chi connectivity index (χ1) is 15.5. The molecule has 6 N–H and O–H groups in total. The molecule has 0 aliphatic rings. The van der Waals surface area contributed by atoms with Gasteiger partial charge in [-0.05, 0) is 13.8 Å². The molecule has 1 aromatic carbocycles. The third-order valence-electron chi connectivity index (χ3n) is 4.69. The molecule has 0 radical (unpaired) electrons. The van der Waals surface area contributed by atoms with Crippen LogP contribution in [0.25, 0.3) is 0 Å². The number of ether oxygens (including phenoxy) is 3. The van der Waals surface area contributed by atoms with Crippen molar-refractivity contribution in [3.05, 3.63) is 34.4 Å². The fraction of sp³-hybridized carbons (Fsp3) is 0.684. The number of benzene rings is 1. The van der Waals surface area contributed by atoms with E-state index in [0.717, 1.165) is 6.92 Å². The Morgan fingerprint density at radius 2 is 1.27 bits per heavy atom. The number of aliphatic hydroxyl groups excluding tert-OH is 5. The second kappa shape index (κ2) is 14.1. The molecule has 14 heteroatoms. The second-order valence-electron chi connectivity index (χ2n) is 7.15. The molecular formula is C19H28F4O10. The lowest BCUT2D eigenvalue weighted by atomic mass is 10.0. The number of aliphatic hydroxyl groups is 5. The van der Waals surface area contributed by atoms with Crippen molar-refractivity contribution in [1.82, 2.24) is 0 Å². The molecule has 6 unspecified atom stereocenters. The topological polar surface area (TPSA) is 158 Å². The fourth-order valence-electron chi connectivity index (χ4n) is 2.83. The maximum atomic E-state index is 14.4. The molecule has 6 atom stereocenters. The zero-order valence-electron chi connectivity index (χ0n) is 17.8. The summed E-state index contributed by atoms with van der Waals surface area (Å²) in [5.41, 5.74) is -2.25. The maximum absolute atomic E-state index is 14.4. The van der Waals surface area contributed by atoms with Crippen LogP contribution in [0.4, 0.5) is 17.6 Å². The van der Waals surface area contributed by atoms with Gasteiger partial charge in [-0.15, -0.1) is 0 Å². The first-order valence-electron chi connectivity index (χ1n) is 9.74. The molecule has 0 bridgehead atoms. The first-order valence-corrected chi connectivity index (χ1v) is 9.74. The van der Waals surface area contributed by atoms with Gasteiger partial charge in [-0.2, -0.15) is 0 Å². The van der Waals surface area contributed by atoms with E-state index in [-0.39, 0.29) is 6.42 Å². The van der Waals surface area contributed by atoms with Crippen molar-refractivity contribution in [3.63, 3.8) is 0 Å². The van der Waals surface area contributed by atoms with Crippen molar-refractivity contribution in [2.75, 3.05) is 13.4 Å². The quantitative estimate of drug-likeness (QED) is 0.0661. The fourth-order valence-corrected chi connectivity index (χ4v) is 2.83. The van der Waals surface area contributed by atoms with E-state index in [0.29, 0.717) is 0 Å². The normalized spacial score (nSPS) is 17.5. The molecule has 0 aliphatic heterocycles. The van der Waals surface area contributed by atoms with Gasteiger partial charge in [0.1, 0.15) is 25.1 Å². The highest BCUT2D eigenvalue weighted by molar-refractivity contribution is 5.29. The van der Waals surface area contributed by atoms with Gasteiger partial charge in [0, 0.05) is 6.42 Å². The second-order valence-corrected chi connectivity index (χ2v) is 7.15. The predicted molar refractivity (Wildman–Crippen MR) is 100 cm³/mol. The molecule has 0 amide bonds. The lowest BCUT2D eigenvalue weighted by molar-refractivity contribution is -0.314. The van der Waals surface area contributed by atoms with E-state index >= 15 is 0 Å². The van der Waals surface area contributed by atoms with Gasteiger partial charge in [0.2, 0.25) is 0 Å². The van der Waals surface area contributed by atoms with Crippen molar-refractivity contribution in [1.29, 1.82) is 0 Å². The average Bonchev–Trinajstić information content (AvgIpc) is 2.75. The first kappa shape index (κ1) is 29.6. The van der Waals surface area contributed by atoms with Gasteiger partial charge < -0.3 is 39.7 Å². The van der Waals surface area contributed by atoms with Crippen molar-refractivity contribution in [2.45, 2.75) is 70.3 Å². The maximum Gasteiger partial charge on any atom is 0.167 e. The molecule has 0 aromatic heterocycles. The highest BCUT2D eigenvalue weighted by atomic mass is 19.2. The number of halogens is 4. The lowest BCUT2D eigenvalue weighted by Gasteiger charge is -2.29. The Bertz CT molecular complexity index is 706. The van der Waals surface area contributed by atoms with Gasteiger partial charge in [-0.25, -0.2) is 22.4 Å². The molecule has 0 heterocycles. The van der Waals surface area contributed by atoms with Crippen LogP contribution in [0, 0.1) is 23.3 Å². The lowest BCUT2D eigenvalue weighted by Crippen LogP contribution is -2.47. The van der Waals surface area contributed by atoms with E-state index < -0.39 is 97.8 Å². The molecule has 1 rings (SSSR count). The summed E-state index contributed by atoms with van der Waals surface area (Å²) in [6, 6.07) is 0. The summed E-state index contributed by atoms with van der Waals surface area (Å²) >= 11 is 0. The van der Waals surface area contributed by atoms with Crippen LogP contribution in [0.3, 0.4) is 0 Å². The van der Waals surface area contributed by atoms with Gasteiger partial charge in [0.25, 0.3) is 0 Å². The largest absolute Gasteiger partial charge is 0.393 e. The van der Waals surface area contributed by atoms with Crippen LogP contribution in [0.2, 0.25) is 0 Å². The van der Waals surface area contributed by atoms with Crippen molar-refractivity contribution < 1.29 is 67.4 Å². The highest BCUT2D eigenvalue weighted by Crippen LogP contribution is 2.27. The van der Waals surface area contributed by atoms with Gasteiger partial charge in [-0.3, -0.25) is 5.26 Å². The minimum absolute atomic E-state index is 0.212. The summed E-state index contributed by atoms with van der Waals surface area (Å²) in [6.07, 6.45) is -9.22. The zero-order chi connectivity index (χ0) is 25.3. The van der Waals surface area contributed by atoms with Crippen LogP contribution in [0.5, 0.6) is 0 Å². The minimum Gasteiger partial charge on any atom is -0.393 e. The molecule has 0 fully saturated rings. The van der Waals surface area contributed by atoms with Crippen molar-refractivity contribution >= 4 is 0 Å². The van der Waals surface area contributed by atoms with Crippen LogP contribution in [0.15, 0.2) is 0 Å². The summed E-state index contributed by atoms with van der Waals surface area (Å²) < 4.78 is 72.2. The Labute approximate surface area is 186 Å². The molecule has 10 nitrogen and oxygen atoms in total. The third-order valence-corrected chi connectivity index (χ3v) is 4.69. The van der Waals surface area contributed by atoms with Crippen LogP contribution in [-0.4, -0.2) is 81.0 Å². The van der Waals surface area contributed by atoms with E-state index in [4.69, 9.17) is 24.9 Å². The summed E-state index contributed by atoms with van der Waals surface area (Å²) in [6.45, 7) is -1.24. The highest BCUT2D eigenvalue weighted by Gasteiger charge is 2.34. The average molecular weight is 492 g/mol. The number of hydrogen-bond donors (Lipinski definition) is 6. The number of rotatable bonds is 15. The minimum atomic E-state index is -1.87. The summed E-state index contributed by atoms with van der Waals surface area (Å²) in [5.74, 6) is -7.15. The van der Waals surface area contributed by atoms with E-state index in [9.17, 15) is 32.9 Å². The summed E-state index contributed by atoms with van der Waals surface area (Å²) in [7, 11) is 0. The molecule has 1 aromatic rings. The van der Waals surface area contributed by atoms with Crippen LogP contribution in [0.1, 0.15) is 31.4 Å². The van der Waals surface area contributed by atoms with Crippen molar-refractivity contribution in [2.24, 2.45) is 0 Å². The molecule has 0 aliphatic carbocycles. The summed E-state index contributed by atoms with van der Waals surface area (Å²) in [5, 5.41) is 55.3. The Hall–Kier alpha value is -1.46. The molecule has 0 spiro atoms. The van der Waals surface area contributed by atoms with Gasteiger partial charge in [0.15, 0.2) is 29.6 Å². The van der Waals surface area contributed by atoms with E-state index in [1.54, 1.807) is 0 Å². The van der Waals surface area contributed by atoms with Gasteiger partial charge in [-0.1, -0.05) is 0 Å². The smallest absolute Gasteiger partial charge is 0.167 e. The monoisotopic (exact) mass is 492 g/mol.